The van der Waals surface area contributed by atoms with Gasteiger partial charge in [0.2, 0.25) is 5.88 Å². The molecule has 1 aliphatic rings. The van der Waals surface area contributed by atoms with Crippen molar-refractivity contribution in [3.8, 4) is 5.88 Å². The highest BCUT2D eigenvalue weighted by Crippen LogP contribution is 2.40. The summed E-state index contributed by atoms with van der Waals surface area (Å²) < 4.78 is 7.31. The topological polar surface area (TPSA) is 66.0 Å². The zero-order chi connectivity index (χ0) is 12.8. The van der Waals surface area contributed by atoms with E-state index >= 15 is 0 Å². The molecule has 2 N–H and O–H groups in total. The fourth-order valence-electron chi connectivity index (χ4n) is 2.99. The Morgan fingerprint density at radius 3 is 2.72 bits per heavy atom. The quantitative estimate of drug-likeness (QED) is 0.876. The summed E-state index contributed by atoms with van der Waals surface area (Å²) in [5.41, 5.74) is 9.27. The molecule has 96 valence electrons. The summed E-state index contributed by atoms with van der Waals surface area (Å²) in [5.74, 6) is 0.607. The Balaban J connectivity index is 2.25. The second-order valence-electron chi connectivity index (χ2n) is 5.10. The van der Waals surface area contributed by atoms with Crippen LogP contribution in [0.4, 0.5) is 0 Å². The molecule has 0 saturated heterocycles. The van der Waals surface area contributed by atoms with Crippen LogP contribution >= 0.6 is 0 Å². The van der Waals surface area contributed by atoms with Crippen molar-refractivity contribution in [2.75, 3.05) is 7.11 Å². The normalized spacial score (nSPS) is 18.4. The maximum absolute atomic E-state index is 6.54. The van der Waals surface area contributed by atoms with Crippen molar-refractivity contribution in [1.29, 1.82) is 0 Å². The molecule has 1 saturated carbocycles. The van der Waals surface area contributed by atoms with Gasteiger partial charge in [0.15, 0.2) is 0 Å². The lowest BCUT2D eigenvalue weighted by atomic mass is 9.91. The van der Waals surface area contributed by atoms with Crippen molar-refractivity contribution >= 4 is 11.0 Å². The molecule has 1 fully saturated rings. The monoisotopic (exact) mass is 246 g/mol. The summed E-state index contributed by atoms with van der Waals surface area (Å²) in [4.78, 5) is 8.56. The number of aromatic nitrogens is 3. The summed E-state index contributed by atoms with van der Waals surface area (Å²) in [5, 5.41) is 0. The highest BCUT2D eigenvalue weighted by atomic mass is 16.5. The number of rotatable bonds is 2. The second-order valence-corrected chi connectivity index (χ2v) is 5.10. The molecule has 18 heavy (non-hydrogen) atoms. The first-order valence-corrected chi connectivity index (χ1v) is 6.29. The first-order chi connectivity index (χ1) is 8.65. The van der Waals surface area contributed by atoms with Crippen LogP contribution in [0.2, 0.25) is 0 Å². The molecule has 0 amide bonds. The molecule has 1 aliphatic carbocycles. The van der Waals surface area contributed by atoms with Gasteiger partial charge in [0.05, 0.1) is 7.11 Å². The molecule has 0 aliphatic heterocycles. The van der Waals surface area contributed by atoms with Gasteiger partial charge in [-0.15, -0.1) is 0 Å². The largest absolute Gasteiger partial charge is 0.479 e. The maximum Gasteiger partial charge on any atom is 0.241 e. The summed E-state index contributed by atoms with van der Waals surface area (Å²) in [7, 11) is 3.61. The van der Waals surface area contributed by atoms with E-state index in [2.05, 4.69) is 16.2 Å². The van der Waals surface area contributed by atoms with Crippen molar-refractivity contribution in [2.45, 2.75) is 31.2 Å². The van der Waals surface area contributed by atoms with Crippen LogP contribution in [-0.4, -0.2) is 21.6 Å². The summed E-state index contributed by atoms with van der Waals surface area (Å²) >= 11 is 0. The summed E-state index contributed by atoms with van der Waals surface area (Å²) in [6, 6.07) is 0. The number of fused-ring (bicyclic) bond motifs is 1. The molecular weight excluding hydrogens is 228 g/mol. The van der Waals surface area contributed by atoms with Gasteiger partial charge < -0.3 is 15.0 Å². The number of ether oxygens (including phenoxy) is 1. The molecule has 0 radical (unpaired) electrons. The zero-order valence-electron chi connectivity index (χ0n) is 10.8. The summed E-state index contributed by atoms with van der Waals surface area (Å²) in [6.07, 6.45) is 8.05. The van der Waals surface area contributed by atoms with E-state index in [1.165, 1.54) is 12.8 Å². The van der Waals surface area contributed by atoms with E-state index in [9.17, 15) is 0 Å². The molecule has 3 rings (SSSR count). The zero-order valence-corrected chi connectivity index (χ0v) is 10.8. The van der Waals surface area contributed by atoms with Crippen LogP contribution < -0.4 is 10.5 Å². The fraction of sp³-hybridized carbons (Fsp3) is 0.538. The van der Waals surface area contributed by atoms with Crippen LogP contribution in [-0.2, 0) is 12.6 Å². The Morgan fingerprint density at radius 1 is 1.33 bits per heavy atom. The van der Waals surface area contributed by atoms with Crippen LogP contribution in [0.3, 0.4) is 0 Å². The molecule has 0 spiro atoms. The van der Waals surface area contributed by atoms with E-state index in [-0.39, 0.29) is 5.54 Å². The standard InChI is InChI=1S/C13H18N4O/c1-17-7-9(13(14)5-3-4-6-13)10-11(17)12(18-2)16-8-15-10/h7-8H,3-6,14H2,1-2H3. The predicted octanol–water partition coefficient (Wildman–Crippen LogP) is 1.70. The smallest absolute Gasteiger partial charge is 0.241 e. The van der Waals surface area contributed by atoms with Gasteiger partial charge >= 0.3 is 0 Å². The van der Waals surface area contributed by atoms with Gasteiger partial charge in [0, 0.05) is 24.3 Å². The van der Waals surface area contributed by atoms with Gasteiger partial charge in [-0.2, -0.15) is 4.98 Å². The molecule has 0 bridgehead atoms. The minimum Gasteiger partial charge on any atom is -0.479 e. The molecule has 0 atom stereocenters. The van der Waals surface area contributed by atoms with Gasteiger partial charge in [0.25, 0.3) is 0 Å². The molecule has 0 unspecified atom stereocenters. The number of hydrogen-bond acceptors (Lipinski definition) is 4. The van der Waals surface area contributed by atoms with E-state index in [0.717, 1.165) is 29.4 Å². The molecule has 5 heteroatoms. The average Bonchev–Trinajstić information content (AvgIpc) is 2.95. The highest BCUT2D eigenvalue weighted by molar-refractivity contribution is 5.84. The van der Waals surface area contributed by atoms with Gasteiger partial charge in [-0.25, -0.2) is 4.98 Å². The Labute approximate surface area is 106 Å². The van der Waals surface area contributed by atoms with Gasteiger partial charge in [-0.3, -0.25) is 0 Å². The third kappa shape index (κ3) is 1.50. The van der Waals surface area contributed by atoms with Crippen LogP contribution in [0.1, 0.15) is 31.2 Å². The lowest BCUT2D eigenvalue weighted by Crippen LogP contribution is -2.32. The first-order valence-electron chi connectivity index (χ1n) is 6.29. The first kappa shape index (κ1) is 11.5. The molecule has 0 aromatic carbocycles. The fourth-order valence-corrected chi connectivity index (χ4v) is 2.99. The Kier molecular flexibility index (Phi) is 2.52. The van der Waals surface area contributed by atoms with E-state index in [1.807, 2.05) is 11.6 Å². The van der Waals surface area contributed by atoms with Crippen molar-refractivity contribution in [3.05, 3.63) is 18.1 Å². The van der Waals surface area contributed by atoms with E-state index < -0.39 is 0 Å². The molecule has 2 aromatic rings. The van der Waals surface area contributed by atoms with E-state index in [4.69, 9.17) is 10.5 Å². The van der Waals surface area contributed by atoms with Crippen molar-refractivity contribution < 1.29 is 4.74 Å². The van der Waals surface area contributed by atoms with Crippen LogP contribution in [0.25, 0.3) is 11.0 Å². The van der Waals surface area contributed by atoms with E-state index in [0.29, 0.717) is 5.88 Å². The molecule has 2 heterocycles. The predicted molar refractivity (Wildman–Crippen MR) is 69.4 cm³/mol. The van der Waals surface area contributed by atoms with Gasteiger partial charge in [-0.1, -0.05) is 12.8 Å². The third-order valence-electron chi connectivity index (χ3n) is 3.94. The van der Waals surface area contributed by atoms with Crippen molar-refractivity contribution in [2.24, 2.45) is 12.8 Å². The molecular formula is C13H18N4O. The number of methoxy groups -OCH3 is 1. The average molecular weight is 246 g/mol. The Hall–Kier alpha value is -1.62. The van der Waals surface area contributed by atoms with Gasteiger partial charge in [0.1, 0.15) is 17.4 Å². The van der Waals surface area contributed by atoms with Crippen molar-refractivity contribution in [1.82, 2.24) is 14.5 Å². The number of nitrogens with two attached hydrogens (primary N) is 1. The Morgan fingerprint density at radius 2 is 2.06 bits per heavy atom. The van der Waals surface area contributed by atoms with Crippen LogP contribution in [0, 0.1) is 0 Å². The third-order valence-corrected chi connectivity index (χ3v) is 3.94. The molecule has 2 aromatic heterocycles. The van der Waals surface area contributed by atoms with Crippen LogP contribution in [0.15, 0.2) is 12.5 Å². The molecule has 5 nitrogen and oxygen atoms in total. The number of hydrogen-bond donors (Lipinski definition) is 1. The minimum absolute atomic E-state index is 0.237. The maximum atomic E-state index is 6.54. The minimum atomic E-state index is -0.237. The highest BCUT2D eigenvalue weighted by Gasteiger charge is 2.35. The summed E-state index contributed by atoms with van der Waals surface area (Å²) in [6.45, 7) is 0. The SMILES string of the molecule is COc1ncnc2c(C3(N)CCCC3)cn(C)c12. The lowest BCUT2D eigenvalue weighted by Gasteiger charge is -2.22. The van der Waals surface area contributed by atoms with Crippen molar-refractivity contribution in [3.63, 3.8) is 0 Å². The van der Waals surface area contributed by atoms with Gasteiger partial charge in [-0.05, 0) is 12.8 Å². The van der Waals surface area contributed by atoms with Crippen LogP contribution in [0.5, 0.6) is 5.88 Å². The van der Waals surface area contributed by atoms with E-state index in [1.54, 1.807) is 13.4 Å². The Bertz CT molecular complexity index is 584. The number of aryl methyl sites for hydroxylation is 1. The lowest BCUT2D eigenvalue weighted by molar-refractivity contribution is 0.400. The number of nitrogens with zero attached hydrogens (tertiary/aromatic N) is 3. The second kappa shape index (κ2) is 3.95.